The Labute approximate surface area is 250 Å². The molecule has 2 aromatic carbocycles. The van der Waals surface area contributed by atoms with Crippen molar-refractivity contribution < 1.29 is 23.9 Å². The molecule has 0 saturated heterocycles. The second-order valence-electron chi connectivity index (χ2n) is 12.0. The summed E-state index contributed by atoms with van der Waals surface area (Å²) in [6.07, 6.45) is 0.459. The van der Waals surface area contributed by atoms with Gasteiger partial charge >= 0.3 is 6.09 Å². The fourth-order valence-electron chi connectivity index (χ4n) is 4.47. The van der Waals surface area contributed by atoms with Crippen molar-refractivity contribution in [3.05, 3.63) is 71.8 Å². The maximum Gasteiger partial charge on any atom is 0.408 e. The van der Waals surface area contributed by atoms with E-state index in [1.807, 2.05) is 102 Å². The molecule has 42 heavy (non-hydrogen) atoms. The summed E-state index contributed by atoms with van der Waals surface area (Å²) in [5.74, 6) is -0.865. The monoisotopic (exact) mass is 580 g/mol. The number of benzene rings is 2. The van der Waals surface area contributed by atoms with Crippen LogP contribution in [0.3, 0.4) is 0 Å². The summed E-state index contributed by atoms with van der Waals surface area (Å²) in [4.78, 5) is 52.5. The summed E-state index contributed by atoms with van der Waals surface area (Å²) in [6, 6.07) is 16.3. The summed E-state index contributed by atoms with van der Waals surface area (Å²) in [7, 11) is 0. The molecule has 2 aromatic rings. The Balaban J connectivity index is 2.08. The van der Waals surface area contributed by atoms with Crippen molar-refractivity contribution in [3.8, 4) is 0 Å². The highest BCUT2D eigenvalue weighted by Crippen LogP contribution is 2.12. The Hall–Kier alpha value is -3.88. The first-order valence-corrected chi connectivity index (χ1v) is 14.8. The van der Waals surface area contributed by atoms with Crippen LogP contribution in [0.2, 0.25) is 0 Å². The lowest BCUT2D eigenvalue weighted by Gasteiger charge is -2.27. The maximum absolute atomic E-state index is 13.5. The van der Waals surface area contributed by atoms with Gasteiger partial charge in [-0.25, -0.2) is 4.79 Å². The molecule has 2 rings (SSSR count). The molecule has 0 aliphatic carbocycles. The molecule has 0 saturated carbocycles. The van der Waals surface area contributed by atoms with Gasteiger partial charge in [0, 0.05) is 6.54 Å². The third-order valence-corrected chi connectivity index (χ3v) is 6.52. The van der Waals surface area contributed by atoms with Crippen molar-refractivity contribution in [2.45, 2.75) is 92.1 Å². The minimum absolute atomic E-state index is 0.0741. The van der Waals surface area contributed by atoms with Gasteiger partial charge in [0.25, 0.3) is 0 Å². The third-order valence-electron chi connectivity index (χ3n) is 6.52. The van der Waals surface area contributed by atoms with E-state index in [0.717, 1.165) is 11.1 Å². The fraction of sp³-hybridized carbons (Fsp3) is 0.515. The van der Waals surface area contributed by atoms with Crippen molar-refractivity contribution in [1.82, 2.24) is 21.3 Å². The topological polar surface area (TPSA) is 126 Å². The van der Waals surface area contributed by atoms with Crippen LogP contribution in [-0.4, -0.2) is 41.9 Å². The van der Waals surface area contributed by atoms with Crippen LogP contribution in [0.1, 0.15) is 71.9 Å². The van der Waals surface area contributed by atoms with E-state index in [-0.39, 0.29) is 30.3 Å². The lowest BCUT2D eigenvalue weighted by molar-refractivity contribution is -0.133. The molecule has 0 aliphatic rings. The van der Waals surface area contributed by atoms with E-state index in [1.54, 1.807) is 0 Å². The Morgan fingerprint density at radius 1 is 0.571 bits per heavy atom. The highest BCUT2D eigenvalue weighted by Gasteiger charge is 2.31. The van der Waals surface area contributed by atoms with E-state index in [9.17, 15) is 19.2 Å². The largest absolute Gasteiger partial charge is 0.445 e. The number of carbonyl (C=O) groups excluding carboxylic acids is 4. The second kappa shape index (κ2) is 17.8. The van der Waals surface area contributed by atoms with Crippen LogP contribution in [-0.2, 0) is 32.3 Å². The summed E-state index contributed by atoms with van der Waals surface area (Å²) in [6.45, 7) is 12.2. The minimum atomic E-state index is -0.892. The molecule has 0 radical (unpaired) electrons. The molecule has 9 heteroatoms. The molecular formula is C33H48N4O5. The molecular weight excluding hydrogens is 532 g/mol. The highest BCUT2D eigenvalue weighted by molar-refractivity contribution is 5.93. The molecule has 0 fully saturated rings. The SMILES string of the molecule is CC(C)C[C@H](NC(=O)OCc1ccccc1)C(=O)N[C@@H](CC(C)C)C(=O)N[C@@H](CC(C)C)C(=O)NCc1ccccc1. The third kappa shape index (κ3) is 13.2. The van der Waals surface area contributed by atoms with Gasteiger partial charge in [-0.2, -0.15) is 0 Å². The molecule has 0 aliphatic heterocycles. The maximum atomic E-state index is 13.5. The van der Waals surface area contributed by atoms with Gasteiger partial charge in [0.05, 0.1) is 0 Å². The summed E-state index contributed by atoms with van der Waals surface area (Å²) in [5, 5.41) is 11.3. The van der Waals surface area contributed by atoms with Gasteiger partial charge in [-0.15, -0.1) is 0 Å². The number of hydrogen-bond acceptors (Lipinski definition) is 5. The number of carbonyl (C=O) groups is 4. The van der Waals surface area contributed by atoms with Crippen molar-refractivity contribution in [2.24, 2.45) is 17.8 Å². The Morgan fingerprint density at radius 3 is 1.43 bits per heavy atom. The number of nitrogens with one attached hydrogen (secondary N) is 4. The Bertz CT molecular complexity index is 1120. The van der Waals surface area contributed by atoms with Gasteiger partial charge in [0.1, 0.15) is 24.7 Å². The predicted molar refractivity (Wildman–Crippen MR) is 164 cm³/mol. The highest BCUT2D eigenvalue weighted by atomic mass is 16.5. The summed E-state index contributed by atoms with van der Waals surface area (Å²) >= 11 is 0. The molecule has 0 spiro atoms. The first-order valence-electron chi connectivity index (χ1n) is 14.8. The Morgan fingerprint density at radius 2 is 0.976 bits per heavy atom. The van der Waals surface area contributed by atoms with Gasteiger partial charge in [-0.05, 0) is 48.1 Å². The average Bonchev–Trinajstić information content (AvgIpc) is 2.94. The van der Waals surface area contributed by atoms with Crippen LogP contribution >= 0.6 is 0 Å². The van der Waals surface area contributed by atoms with Gasteiger partial charge in [0.15, 0.2) is 0 Å². The zero-order valence-electron chi connectivity index (χ0n) is 25.8. The lowest BCUT2D eigenvalue weighted by atomic mass is 9.98. The number of hydrogen-bond donors (Lipinski definition) is 4. The van der Waals surface area contributed by atoms with Crippen LogP contribution in [0, 0.1) is 17.8 Å². The van der Waals surface area contributed by atoms with E-state index in [4.69, 9.17) is 4.74 Å². The number of alkyl carbamates (subject to hydrolysis) is 1. The molecule has 4 N–H and O–H groups in total. The predicted octanol–water partition coefficient (Wildman–Crippen LogP) is 4.71. The Kier molecular flexibility index (Phi) is 14.6. The first-order chi connectivity index (χ1) is 19.9. The van der Waals surface area contributed by atoms with Crippen LogP contribution < -0.4 is 21.3 Å². The lowest BCUT2D eigenvalue weighted by Crippen LogP contribution is -2.57. The van der Waals surface area contributed by atoms with E-state index < -0.39 is 36.0 Å². The van der Waals surface area contributed by atoms with Crippen LogP contribution in [0.5, 0.6) is 0 Å². The summed E-state index contributed by atoms with van der Waals surface area (Å²) < 4.78 is 5.32. The molecule has 0 bridgehead atoms. The molecule has 9 nitrogen and oxygen atoms in total. The van der Waals surface area contributed by atoms with Crippen molar-refractivity contribution >= 4 is 23.8 Å². The van der Waals surface area contributed by atoms with Crippen molar-refractivity contribution in [2.75, 3.05) is 0 Å². The first kappa shape index (κ1) is 34.3. The summed E-state index contributed by atoms with van der Waals surface area (Å²) in [5.41, 5.74) is 1.78. The van der Waals surface area contributed by atoms with Gasteiger partial charge < -0.3 is 26.0 Å². The molecule has 230 valence electrons. The van der Waals surface area contributed by atoms with E-state index >= 15 is 0 Å². The number of rotatable bonds is 16. The van der Waals surface area contributed by atoms with Gasteiger partial charge in [-0.1, -0.05) is 102 Å². The normalized spacial score (nSPS) is 13.3. The standard InChI is InChI=1S/C33H48N4O5/c1-22(2)17-27(30(38)34-20-25-13-9-7-10-14-25)35-31(39)28(18-23(3)4)36-32(40)29(19-24(5)6)37-33(41)42-21-26-15-11-8-12-16-26/h7-16,22-24,27-29H,17-21H2,1-6H3,(H,34,38)(H,35,39)(H,36,40)(H,37,41)/t27-,28-,29-/m0/s1. The smallest absolute Gasteiger partial charge is 0.408 e. The minimum Gasteiger partial charge on any atom is -0.445 e. The van der Waals surface area contributed by atoms with Crippen LogP contribution in [0.4, 0.5) is 4.79 Å². The fourth-order valence-corrected chi connectivity index (χ4v) is 4.47. The quantitative estimate of drug-likeness (QED) is 0.229. The zero-order valence-corrected chi connectivity index (χ0v) is 25.8. The molecule has 0 unspecified atom stereocenters. The number of ether oxygens (including phenoxy) is 1. The molecule has 0 heterocycles. The number of amides is 4. The average molecular weight is 581 g/mol. The van der Waals surface area contributed by atoms with Gasteiger partial charge in [-0.3, -0.25) is 14.4 Å². The zero-order chi connectivity index (χ0) is 31.1. The van der Waals surface area contributed by atoms with Crippen LogP contribution in [0.25, 0.3) is 0 Å². The van der Waals surface area contributed by atoms with E-state index in [1.165, 1.54) is 0 Å². The molecule has 4 amide bonds. The molecule has 0 aromatic heterocycles. The van der Waals surface area contributed by atoms with Crippen LogP contribution in [0.15, 0.2) is 60.7 Å². The second-order valence-corrected chi connectivity index (χ2v) is 12.0. The molecule has 3 atom stereocenters. The van der Waals surface area contributed by atoms with Crippen molar-refractivity contribution in [1.29, 1.82) is 0 Å². The van der Waals surface area contributed by atoms with E-state index in [0.29, 0.717) is 25.8 Å². The van der Waals surface area contributed by atoms with Gasteiger partial charge in [0.2, 0.25) is 17.7 Å². The van der Waals surface area contributed by atoms with Crippen molar-refractivity contribution in [3.63, 3.8) is 0 Å². The van der Waals surface area contributed by atoms with E-state index in [2.05, 4.69) is 21.3 Å².